The van der Waals surface area contributed by atoms with Crippen LogP contribution in [0.2, 0.25) is 0 Å². The zero-order valence-corrected chi connectivity index (χ0v) is 17.3. The van der Waals surface area contributed by atoms with E-state index in [1.165, 1.54) is 28.1 Å². The summed E-state index contributed by atoms with van der Waals surface area (Å²) in [6, 6.07) is 3.48. The third kappa shape index (κ3) is 4.17. The van der Waals surface area contributed by atoms with E-state index >= 15 is 0 Å². The SMILES string of the molecule is C[C@H]1CCc2c(sc3ncn(CC(=O)N/N=C\c4ccc([O-])c([N+](=O)[O-])c4)c(=O)c23)C1. The van der Waals surface area contributed by atoms with Crippen molar-refractivity contribution in [2.75, 3.05) is 0 Å². The maximum absolute atomic E-state index is 12.9. The van der Waals surface area contributed by atoms with Crippen molar-refractivity contribution in [2.24, 2.45) is 11.0 Å². The predicted molar refractivity (Wildman–Crippen MR) is 113 cm³/mol. The van der Waals surface area contributed by atoms with Gasteiger partial charge >= 0.3 is 0 Å². The lowest BCUT2D eigenvalue weighted by Crippen LogP contribution is -2.30. The van der Waals surface area contributed by atoms with Gasteiger partial charge in [0.05, 0.1) is 22.9 Å². The van der Waals surface area contributed by atoms with E-state index in [2.05, 4.69) is 22.4 Å². The number of hydrogen-bond donors (Lipinski definition) is 1. The zero-order chi connectivity index (χ0) is 22.1. The lowest BCUT2D eigenvalue weighted by Gasteiger charge is -2.17. The third-order valence-electron chi connectivity index (χ3n) is 5.18. The van der Waals surface area contributed by atoms with Gasteiger partial charge in [0.2, 0.25) is 0 Å². The molecule has 0 saturated carbocycles. The van der Waals surface area contributed by atoms with E-state index in [-0.39, 0.29) is 17.7 Å². The number of nitro groups is 1. The molecule has 1 amide bonds. The van der Waals surface area contributed by atoms with Gasteiger partial charge in [0.15, 0.2) is 0 Å². The smallest absolute Gasteiger partial charge is 0.262 e. The Kier molecular flexibility index (Phi) is 5.51. The van der Waals surface area contributed by atoms with Crippen molar-refractivity contribution in [1.29, 1.82) is 0 Å². The number of amides is 1. The van der Waals surface area contributed by atoms with Gasteiger partial charge in [-0.3, -0.25) is 24.3 Å². The molecule has 2 heterocycles. The number of carbonyl (C=O) groups excluding carboxylic acids is 1. The summed E-state index contributed by atoms with van der Waals surface area (Å²) in [7, 11) is 0. The second-order valence-electron chi connectivity index (χ2n) is 7.49. The summed E-state index contributed by atoms with van der Waals surface area (Å²) in [4.78, 5) is 41.4. The van der Waals surface area contributed by atoms with Crippen LogP contribution in [-0.2, 0) is 24.2 Å². The molecule has 31 heavy (non-hydrogen) atoms. The standard InChI is InChI=1S/C20H19N5O5S/c1-11-2-4-13-16(6-11)31-19-18(13)20(28)24(10-21-19)9-17(27)23-22-8-12-3-5-15(26)14(7-12)25(29)30/h3,5,7-8,10-11,26H,2,4,6,9H2,1H3,(H,23,27)/p-1/b22-8-/t11-/m0/s1. The largest absolute Gasteiger partial charge is 0.868 e. The Hall–Kier alpha value is -3.60. The van der Waals surface area contributed by atoms with Crippen molar-refractivity contribution in [3.8, 4) is 5.75 Å². The Morgan fingerprint density at radius 3 is 3.06 bits per heavy atom. The van der Waals surface area contributed by atoms with Gasteiger partial charge in [0, 0.05) is 16.5 Å². The van der Waals surface area contributed by atoms with Crippen molar-refractivity contribution in [3.63, 3.8) is 0 Å². The van der Waals surface area contributed by atoms with Gasteiger partial charge in [-0.05, 0) is 36.5 Å². The Labute approximate surface area is 180 Å². The van der Waals surface area contributed by atoms with Gasteiger partial charge < -0.3 is 5.11 Å². The Bertz CT molecular complexity index is 1280. The van der Waals surface area contributed by atoms with Crippen molar-refractivity contribution in [2.45, 2.75) is 32.7 Å². The average molecular weight is 440 g/mol. The molecule has 4 rings (SSSR count). The number of nitro benzene ring substituents is 1. The minimum absolute atomic E-state index is 0.252. The number of nitrogens with zero attached hydrogens (tertiary/aromatic N) is 4. The molecule has 1 aromatic carbocycles. The van der Waals surface area contributed by atoms with E-state index in [0.29, 0.717) is 16.1 Å². The van der Waals surface area contributed by atoms with E-state index in [9.17, 15) is 24.8 Å². The second-order valence-corrected chi connectivity index (χ2v) is 8.57. The maximum atomic E-state index is 12.9. The molecule has 0 aliphatic heterocycles. The Morgan fingerprint density at radius 1 is 1.48 bits per heavy atom. The fourth-order valence-electron chi connectivity index (χ4n) is 3.60. The highest BCUT2D eigenvalue weighted by Gasteiger charge is 2.23. The number of benzene rings is 1. The molecule has 0 bridgehead atoms. The van der Waals surface area contributed by atoms with E-state index < -0.39 is 22.3 Å². The van der Waals surface area contributed by atoms with Gasteiger partial charge in [-0.1, -0.05) is 19.1 Å². The van der Waals surface area contributed by atoms with Crippen LogP contribution in [0.1, 0.15) is 29.3 Å². The molecule has 10 nitrogen and oxygen atoms in total. The summed E-state index contributed by atoms with van der Waals surface area (Å²) < 4.78 is 1.25. The molecule has 3 aromatic rings. The van der Waals surface area contributed by atoms with E-state index in [4.69, 9.17) is 0 Å². The number of rotatable bonds is 5. The molecular weight excluding hydrogens is 422 g/mol. The molecule has 1 N–H and O–H groups in total. The summed E-state index contributed by atoms with van der Waals surface area (Å²) >= 11 is 1.54. The molecule has 11 heteroatoms. The third-order valence-corrected chi connectivity index (χ3v) is 6.34. The number of hydrogen-bond acceptors (Lipinski definition) is 8. The normalized spacial score (nSPS) is 15.8. The van der Waals surface area contributed by atoms with Gasteiger partial charge in [0.25, 0.3) is 17.2 Å². The number of aryl methyl sites for hydroxylation is 1. The van der Waals surface area contributed by atoms with E-state index in [0.717, 1.165) is 37.0 Å². The highest BCUT2D eigenvalue weighted by molar-refractivity contribution is 7.18. The molecule has 2 aromatic heterocycles. The number of nitrogens with one attached hydrogen (secondary N) is 1. The minimum atomic E-state index is -0.780. The first-order valence-corrected chi connectivity index (χ1v) is 10.4. The molecule has 1 aliphatic carbocycles. The molecular formula is C20H18N5O5S-. The van der Waals surface area contributed by atoms with Crippen LogP contribution in [0.3, 0.4) is 0 Å². The van der Waals surface area contributed by atoms with Crippen molar-refractivity contribution in [3.05, 3.63) is 61.0 Å². The van der Waals surface area contributed by atoms with Gasteiger partial charge in [-0.15, -0.1) is 11.3 Å². The fourth-order valence-corrected chi connectivity index (χ4v) is 4.95. The summed E-state index contributed by atoms with van der Waals surface area (Å²) in [5.74, 6) is -0.677. The Balaban J connectivity index is 1.48. The van der Waals surface area contributed by atoms with Gasteiger partial charge in [0.1, 0.15) is 11.4 Å². The quantitative estimate of drug-likeness (QED) is 0.363. The number of fused-ring (bicyclic) bond motifs is 3. The summed E-state index contributed by atoms with van der Waals surface area (Å²) in [5.41, 5.74) is 2.78. The highest BCUT2D eigenvalue weighted by Crippen LogP contribution is 2.35. The zero-order valence-electron chi connectivity index (χ0n) is 16.5. The van der Waals surface area contributed by atoms with Crippen LogP contribution in [0.25, 0.3) is 10.2 Å². The number of thiophene rings is 1. The first-order valence-electron chi connectivity index (χ1n) is 9.60. The first kappa shape index (κ1) is 20.7. The van der Waals surface area contributed by atoms with Crippen molar-refractivity contribution >= 4 is 39.4 Å². The summed E-state index contributed by atoms with van der Waals surface area (Å²) in [5, 5.41) is 26.6. The van der Waals surface area contributed by atoms with Crippen molar-refractivity contribution < 1.29 is 14.8 Å². The van der Waals surface area contributed by atoms with Gasteiger partial charge in [-0.25, -0.2) is 10.4 Å². The number of carbonyl (C=O) groups is 1. The average Bonchev–Trinajstić information content (AvgIpc) is 3.09. The number of hydrazone groups is 1. The molecule has 1 atom stereocenters. The second kappa shape index (κ2) is 8.26. The van der Waals surface area contributed by atoms with Crippen LogP contribution in [0, 0.1) is 16.0 Å². The molecule has 0 radical (unpaired) electrons. The molecule has 0 spiro atoms. The van der Waals surface area contributed by atoms with Gasteiger partial charge in [-0.2, -0.15) is 5.10 Å². The van der Waals surface area contributed by atoms with Crippen LogP contribution in [0.15, 0.2) is 34.4 Å². The predicted octanol–water partition coefficient (Wildman–Crippen LogP) is 1.71. The van der Waals surface area contributed by atoms with Crippen LogP contribution in [-0.4, -0.2) is 26.6 Å². The summed E-state index contributed by atoms with van der Waals surface area (Å²) in [6.07, 6.45) is 5.34. The maximum Gasteiger partial charge on any atom is 0.262 e. The lowest BCUT2D eigenvalue weighted by molar-refractivity contribution is -0.398. The van der Waals surface area contributed by atoms with E-state index in [1.54, 1.807) is 11.3 Å². The minimum Gasteiger partial charge on any atom is -0.868 e. The van der Waals surface area contributed by atoms with Crippen LogP contribution < -0.4 is 16.1 Å². The number of aromatic nitrogens is 2. The van der Waals surface area contributed by atoms with E-state index in [1.807, 2.05) is 0 Å². The summed E-state index contributed by atoms with van der Waals surface area (Å²) in [6.45, 7) is 1.93. The van der Waals surface area contributed by atoms with Crippen molar-refractivity contribution in [1.82, 2.24) is 15.0 Å². The molecule has 1 aliphatic rings. The first-order chi connectivity index (χ1) is 14.8. The monoisotopic (exact) mass is 440 g/mol. The Morgan fingerprint density at radius 2 is 2.29 bits per heavy atom. The van der Waals surface area contributed by atoms with Crippen LogP contribution in [0.5, 0.6) is 5.75 Å². The van der Waals surface area contributed by atoms with Crippen LogP contribution >= 0.6 is 11.3 Å². The topological polar surface area (TPSA) is 143 Å². The highest BCUT2D eigenvalue weighted by atomic mass is 32.1. The van der Waals surface area contributed by atoms with Crippen LogP contribution in [0.4, 0.5) is 5.69 Å². The molecule has 0 fully saturated rings. The molecule has 0 unspecified atom stereocenters. The fraction of sp³-hybridized carbons (Fsp3) is 0.300. The lowest BCUT2D eigenvalue weighted by atomic mass is 9.89. The molecule has 0 saturated heterocycles. The molecule has 160 valence electrons.